The van der Waals surface area contributed by atoms with Crippen LogP contribution < -0.4 is 18.9 Å². The maximum atomic E-state index is 7.18. The first kappa shape index (κ1) is 47.7. The van der Waals surface area contributed by atoms with Crippen molar-refractivity contribution in [2.75, 3.05) is 0 Å². The lowest BCUT2D eigenvalue weighted by Crippen LogP contribution is -2.50. The molecule has 0 atom stereocenters. The van der Waals surface area contributed by atoms with Gasteiger partial charge in [0.25, 0.3) is 0 Å². The molecule has 0 radical (unpaired) electrons. The van der Waals surface area contributed by atoms with Crippen LogP contribution in [0.1, 0.15) is 128 Å². The van der Waals surface area contributed by atoms with E-state index in [0.717, 1.165) is 114 Å². The van der Waals surface area contributed by atoms with Crippen molar-refractivity contribution < 1.29 is 18.9 Å². The van der Waals surface area contributed by atoms with Gasteiger partial charge in [0.15, 0.2) is 23.3 Å². The van der Waals surface area contributed by atoms with Crippen LogP contribution in [0.25, 0.3) is 89.7 Å². The fraction of sp³-hybridized carbons (Fsp3) is 0.556. The molecule has 16 saturated carbocycles. The number of hydrogen-bond donors (Lipinski definition) is 2. The molecule has 2 aliphatic heterocycles. The van der Waals surface area contributed by atoms with Crippen LogP contribution in [0.3, 0.4) is 0 Å². The smallest absolute Gasteiger partial charge is 0.164 e. The van der Waals surface area contributed by atoms with Gasteiger partial charge in [0.2, 0.25) is 0 Å². The third kappa shape index (κ3) is 7.41. The van der Waals surface area contributed by atoms with Crippen LogP contribution in [-0.4, -0.2) is 64.3 Å². The summed E-state index contributed by atoms with van der Waals surface area (Å²) >= 11 is 0. The van der Waals surface area contributed by atoms with Crippen LogP contribution >= 0.6 is 0 Å². The second-order valence-corrected chi connectivity index (χ2v) is 30.5. The van der Waals surface area contributed by atoms with E-state index in [0.29, 0.717) is 93.2 Å². The van der Waals surface area contributed by atoms with Gasteiger partial charge in [0.1, 0.15) is 70.0 Å². The average Bonchev–Trinajstić information content (AvgIpc) is 4.14. The number of fused-ring (bicyclic) bond motifs is 20. The number of benzene rings is 4. The third-order valence-corrected chi connectivity index (χ3v) is 25.4. The molecule has 16 aliphatic carbocycles. The maximum Gasteiger partial charge on any atom is 0.164 e. The lowest BCUT2D eigenvalue weighted by atomic mass is 9.55. The van der Waals surface area contributed by atoms with Crippen LogP contribution in [0, 0.1) is 94.7 Å². The highest BCUT2D eigenvalue weighted by Gasteiger charge is 2.53. The molecule has 3 aromatic heterocycles. The molecule has 12 heteroatoms. The van der Waals surface area contributed by atoms with Gasteiger partial charge in [-0.25, -0.2) is 29.9 Å². The van der Waals surface area contributed by atoms with Crippen LogP contribution in [0.4, 0.5) is 0 Å². The molecule has 25 rings (SSSR count). The van der Waals surface area contributed by atoms with Crippen molar-refractivity contribution in [3.8, 4) is 68.5 Å². The molecule has 12 nitrogen and oxygen atoms in total. The largest absolute Gasteiger partial charge is 0.490 e. The Hall–Kier alpha value is -6.56. The molecule has 16 fully saturated rings. The van der Waals surface area contributed by atoms with Crippen molar-refractivity contribution >= 4 is 44.1 Å². The highest BCUT2D eigenvalue weighted by Crippen LogP contribution is 2.59. The van der Waals surface area contributed by atoms with E-state index in [9.17, 15) is 0 Å². The Morgan fingerprint density at radius 1 is 0.250 bits per heavy atom. The Bertz CT molecular complexity index is 3750. The van der Waals surface area contributed by atoms with E-state index in [1.807, 2.05) is 0 Å². The summed E-state index contributed by atoms with van der Waals surface area (Å²) in [6.45, 7) is 0. The van der Waals surface area contributed by atoms with E-state index in [1.54, 1.807) is 0 Å². The molecule has 84 heavy (non-hydrogen) atoms. The maximum absolute atomic E-state index is 7.18. The lowest BCUT2D eigenvalue weighted by Gasteiger charge is -2.53. The van der Waals surface area contributed by atoms with Gasteiger partial charge >= 0.3 is 0 Å². The Morgan fingerprint density at radius 2 is 0.500 bits per heavy atom. The van der Waals surface area contributed by atoms with E-state index in [4.69, 9.17) is 48.9 Å². The quantitative estimate of drug-likeness (QED) is 0.151. The van der Waals surface area contributed by atoms with E-state index in [2.05, 4.69) is 82.8 Å². The summed E-state index contributed by atoms with van der Waals surface area (Å²) in [5, 5.41) is 3.77. The predicted molar refractivity (Wildman–Crippen MR) is 322 cm³/mol. The fourth-order valence-electron chi connectivity index (χ4n) is 22.9. The van der Waals surface area contributed by atoms with Gasteiger partial charge in [-0.3, -0.25) is 0 Å². The summed E-state index contributed by atoms with van der Waals surface area (Å²) in [5.41, 5.74) is 6.38. The predicted octanol–water partition coefficient (Wildman–Crippen LogP) is 15.7. The SMILES string of the molecule is c1cc2c(cc1OC1C3CC4CC(C3)CC1C4)-c1nc-2nc2[nH]c(nc3nc(nc4[nH]c(n1)c1ccc(OC5C6CC7CC(C6)CC5C7)cc41)-c1ccc(OC4C5CC6CC(C5)CC4C6)cc1-3)c1ccc(OC3C4CC5CC(C4)CC3C5)cc21. The summed E-state index contributed by atoms with van der Waals surface area (Å²) in [6, 6.07) is 26.1. The summed E-state index contributed by atoms with van der Waals surface area (Å²) < 4.78 is 28.7. The number of nitrogens with one attached hydrogen (secondary N) is 2. The molecule has 5 heterocycles. The molecule has 2 N–H and O–H groups in total. The Labute approximate surface area is 489 Å². The van der Waals surface area contributed by atoms with Crippen LogP contribution in [0.2, 0.25) is 0 Å². The number of rotatable bonds is 8. The molecule has 0 saturated heterocycles. The van der Waals surface area contributed by atoms with Gasteiger partial charge in [-0.15, -0.1) is 0 Å². The highest BCUT2D eigenvalue weighted by molar-refractivity contribution is 6.07. The second-order valence-electron chi connectivity index (χ2n) is 30.5. The monoisotopic (exact) mass is 1110 g/mol. The van der Waals surface area contributed by atoms with E-state index in [1.165, 1.54) is 128 Å². The van der Waals surface area contributed by atoms with Crippen molar-refractivity contribution in [3.05, 3.63) is 72.8 Å². The molecular formula is C72H74N8O4. The van der Waals surface area contributed by atoms with Crippen LogP contribution in [0.5, 0.6) is 23.0 Å². The van der Waals surface area contributed by atoms with Gasteiger partial charge in [-0.05, 0) is 296 Å². The summed E-state index contributed by atoms with van der Waals surface area (Å²) in [5.74, 6) is 17.9. The van der Waals surface area contributed by atoms with Gasteiger partial charge in [0.05, 0.1) is 0 Å². The molecule has 24 bridgehead atoms. The number of aromatic amines is 2. The average molecular weight is 1120 g/mol. The Kier molecular flexibility index (Phi) is 9.96. The molecule has 426 valence electrons. The first-order valence-electron chi connectivity index (χ1n) is 33.4. The Balaban J connectivity index is 0.749. The number of aromatic nitrogens is 8. The standard InChI is InChI=1S/C72H74N8O4/c1-5-53-57(29-49(1)81-61-41-13-33-9-34(15-41)16-42(61)14-33)69-73-65(53)77-70-58-30-50(82-62-43-17-35-10-36(19-43)20-44(62)18-35)2-6-54(58)67(74-70)79-72-60-32-52(84-64-47-25-39-12-40(27-47)28-48(64)26-39)4-8-56(60)68(76-72)80-71-59-31-51(3-7-55(59)66(75-71)78-69)83-63-45-21-37-11-38(23-45)24-46(63)22-37/h1-8,29-48,61-64H,9-28H2,(H2,73,74,75,76,77,78,79,80). The fourth-order valence-corrected chi connectivity index (χ4v) is 22.9. The molecule has 4 aromatic carbocycles. The molecular weight excluding hydrogens is 1040 g/mol. The van der Waals surface area contributed by atoms with Crippen molar-refractivity contribution in [1.82, 2.24) is 39.9 Å². The molecule has 7 aromatic rings. The van der Waals surface area contributed by atoms with E-state index in [-0.39, 0.29) is 24.4 Å². The topological polar surface area (TPSA) is 146 Å². The molecule has 0 amide bonds. The zero-order valence-corrected chi connectivity index (χ0v) is 47.9. The van der Waals surface area contributed by atoms with Gasteiger partial charge in [-0.1, -0.05) is 0 Å². The van der Waals surface area contributed by atoms with Crippen LogP contribution in [-0.2, 0) is 0 Å². The minimum Gasteiger partial charge on any atom is -0.490 e. The second kappa shape index (κ2) is 17.6. The van der Waals surface area contributed by atoms with Gasteiger partial charge < -0.3 is 28.9 Å². The highest BCUT2D eigenvalue weighted by atomic mass is 16.5. The number of ether oxygens (including phenoxy) is 4. The number of H-pyrrole nitrogens is 2. The van der Waals surface area contributed by atoms with Crippen molar-refractivity contribution in [1.29, 1.82) is 0 Å². The minimum absolute atomic E-state index is 0.245. The first-order valence-corrected chi connectivity index (χ1v) is 33.4. The number of hydrogen-bond acceptors (Lipinski definition) is 10. The molecule has 0 unspecified atom stereocenters. The van der Waals surface area contributed by atoms with Crippen molar-refractivity contribution in [2.24, 2.45) is 94.7 Å². The summed E-state index contributed by atoms with van der Waals surface area (Å²) in [7, 11) is 0. The zero-order chi connectivity index (χ0) is 54.2. The Morgan fingerprint density at radius 3 is 0.798 bits per heavy atom. The summed E-state index contributed by atoms with van der Waals surface area (Å²) in [4.78, 5) is 40.7. The first-order chi connectivity index (χ1) is 41.3. The lowest BCUT2D eigenvalue weighted by molar-refractivity contribution is -0.0789. The van der Waals surface area contributed by atoms with Gasteiger partial charge in [0, 0.05) is 43.8 Å². The van der Waals surface area contributed by atoms with Crippen molar-refractivity contribution in [2.45, 2.75) is 153 Å². The third-order valence-electron chi connectivity index (χ3n) is 25.4. The van der Waals surface area contributed by atoms with Gasteiger partial charge in [-0.2, -0.15) is 0 Å². The van der Waals surface area contributed by atoms with Crippen molar-refractivity contribution in [3.63, 3.8) is 0 Å². The molecule has 18 aliphatic rings. The minimum atomic E-state index is 0.245. The number of nitrogens with zero attached hydrogens (tertiary/aromatic N) is 6. The molecule has 0 spiro atoms. The normalized spacial score (nSPS) is 38.0. The summed E-state index contributed by atoms with van der Waals surface area (Å²) in [6.07, 6.45) is 27.4. The van der Waals surface area contributed by atoms with E-state index < -0.39 is 0 Å². The zero-order valence-electron chi connectivity index (χ0n) is 47.9. The van der Waals surface area contributed by atoms with E-state index >= 15 is 0 Å². The van der Waals surface area contributed by atoms with Crippen LogP contribution in [0.15, 0.2) is 72.8 Å².